The highest BCUT2D eigenvalue weighted by Gasteiger charge is 2.73. The van der Waals surface area contributed by atoms with E-state index in [1.165, 1.54) is 6.92 Å². The van der Waals surface area contributed by atoms with Crippen molar-refractivity contribution in [3.05, 3.63) is 48.3 Å². The van der Waals surface area contributed by atoms with Gasteiger partial charge in [-0.1, -0.05) is 0 Å². The Morgan fingerprint density at radius 2 is 1.88 bits per heavy atom. The normalized spacial score (nSPS) is 26.9. The van der Waals surface area contributed by atoms with E-state index >= 15 is 0 Å². The van der Waals surface area contributed by atoms with Gasteiger partial charge >= 0.3 is 0 Å². The fourth-order valence-corrected chi connectivity index (χ4v) is 5.88. The van der Waals surface area contributed by atoms with Crippen molar-refractivity contribution in [2.24, 2.45) is 5.41 Å². The predicted octanol–water partition coefficient (Wildman–Crippen LogP) is 4.94. The summed E-state index contributed by atoms with van der Waals surface area (Å²) in [6.07, 6.45) is 4.95. The highest BCUT2D eigenvalue weighted by atomic mass is 19.1. The van der Waals surface area contributed by atoms with Gasteiger partial charge in [0.2, 0.25) is 12.3 Å². The number of piperidine rings is 1. The maximum atomic E-state index is 14.0. The number of methoxy groups -OCH3 is 1. The Balaban J connectivity index is 1.36. The molecule has 1 aromatic heterocycles. The molecule has 0 spiro atoms. The fourth-order valence-electron chi connectivity index (χ4n) is 5.88. The summed E-state index contributed by atoms with van der Waals surface area (Å²) in [4.78, 5) is 21.6. The Labute approximate surface area is 198 Å². The lowest BCUT2D eigenvalue weighted by molar-refractivity contribution is -0.222. The number of hydrogen-bond donors (Lipinski definition) is 0. The first-order chi connectivity index (χ1) is 16.3. The van der Waals surface area contributed by atoms with E-state index in [1.807, 2.05) is 29.3 Å². The topological polar surface area (TPSA) is 54.9 Å². The average Bonchev–Trinajstić information content (AvgIpc) is 2.79. The van der Waals surface area contributed by atoms with Crippen molar-refractivity contribution in [3.63, 3.8) is 0 Å². The van der Waals surface area contributed by atoms with Gasteiger partial charge in [0.05, 0.1) is 23.9 Å². The number of halogens is 2. The number of aromatic nitrogens is 1. The summed E-state index contributed by atoms with van der Waals surface area (Å²) in [5.74, 6) is 0.590. The third-order valence-corrected chi connectivity index (χ3v) is 7.40. The molecule has 1 saturated heterocycles. The minimum atomic E-state index is -1.39. The van der Waals surface area contributed by atoms with Crippen molar-refractivity contribution in [1.29, 1.82) is 0 Å². The van der Waals surface area contributed by atoms with Gasteiger partial charge in [0.25, 0.3) is 0 Å². The molecule has 6 rings (SSSR count). The molecule has 182 valence electrons. The van der Waals surface area contributed by atoms with Crippen LogP contribution in [0.4, 0.5) is 20.2 Å². The number of anilines is 2. The number of amides is 1. The molecule has 3 aliphatic carbocycles. The zero-order chi connectivity index (χ0) is 23.9. The first-order valence-electron chi connectivity index (χ1n) is 11.9. The zero-order valence-corrected chi connectivity index (χ0v) is 19.7. The number of nitrogens with zero attached hydrogens (tertiary/aromatic N) is 3. The highest BCUT2D eigenvalue weighted by molar-refractivity contribution is 5.87. The molecule has 1 atom stereocenters. The van der Waals surface area contributed by atoms with Crippen LogP contribution < -0.4 is 9.64 Å². The van der Waals surface area contributed by atoms with Gasteiger partial charge in [-0.2, -0.15) is 0 Å². The van der Waals surface area contributed by atoms with Crippen LogP contribution in [0.25, 0.3) is 0 Å². The molecule has 34 heavy (non-hydrogen) atoms. The number of hydrogen-bond acceptors (Lipinski definition) is 5. The molecule has 2 aromatic rings. The molecule has 4 fully saturated rings. The first-order valence-corrected chi connectivity index (χ1v) is 11.9. The lowest BCUT2D eigenvalue weighted by atomic mass is 9.42. The minimum absolute atomic E-state index is 0.125. The van der Waals surface area contributed by atoms with E-state index in [0.29, 0.717) is 44.7 Å². The Hall–Kier alpha value is -2.74. The van der Waals surface area contributed by atoms with Crippen molar-refractivity contribution >= 4 is 17.3 Å². The van der Waals surface area contributed by atoms with Gasteiger partial charge in [-0.3, -0.25) is 9.78 Å². The molecule has 4 aliphatic rings. The van der Waals surface area contributed by atoms with Crippen molar-refractivity contribution < 1.29 is 23.0 Å². The summed E-state index contributed by atoms with van der Waals surface area (Å²) in [6.45, 7) is 3.07. The smallest absolute Gasteiger partial charge is 0.235 e. The largest absolute Gasteiger partial charge is 0.461 e. The quantitative estimate of drug-likeness (QED) is 0.546. The maximum Gasteiger partial charge on any atom is 0.235 e. The van der Waals surface area contributed by atoms with Gasteiger partial charge in [-0.15, -0.1) is 0 Å². The predicted molar refractivity (Wildman–Crippen MR) is 124 cm³/mol. The molecule has 2 bridgehead atoms. The molecular formula is C26H31F2N3O3. The van der Waals surface area contributed by atoms with E-state index in [4.69, 9.17) is 9.47 Å². The maximum absolute atomic E-state index is 14.0. The third-order valence-electron chi connectivity index (χ3n) is 7.40. The monoisotopic (exact) mass is 471 g/mol. The number of alkyl halides is 2. The van der Waals surface area contributed by atoms with Crippen LogP contribution in [0.1, 0.15) is 44.6 Å². The summed E-state index contributed by atoms with van der Waals surface area (Å²) < 4.78 is 37.8. The molecule has 2 heterocycles. The van der Waals surface area contributed by atoms with E-state index in [2.05, 4.69) is 9.88 Å². The minimum Gasteiger partial charge on any atom is -0.461 e. The third kappa shape index (κ3) is 4.13. The first kappa shape index (κ1) is 23.0. The molecule has 0 unspecified atom stereocenters. The molecule has 1 amide bonds. The number of ether oxygens (including phenoxy) is 2. The molecule has 6 nitrogen and oxygen atoms in total. The summed E-state index contributed by atoms with van der Waals surface area (Å²) in [6, 6.07) is 9.44. The number of benzene rings is 1. The number of likely N-dealkylation sites (tertiary alicyclic amines) is 1. The summed E-state index contributed by atoms with van der Waals surface area (Å²) >= 11 is 0. The van der Waals surface area contributed by atoms with Gasteiger partial charge < -0.3 is 19.3 Å². The van der Waals surface area contributed by atoms with Crippen molar-refractivity contribution in [3.8, 4) is 5.75 Å². The molecule has 3 saturated carbocycles. The summed E-state index contributed by atoms with van der Waals surface area (Å²) in [7, 11) is 1.66. The zero-order valence-electron chi connectivity index (χ0n) is 19.7. The van der Waals surface area contributed by atoms with Crippen molar-refractivity contribution in [2.45, 2.75) is 63.7 Å². The van der Waals surface area contributed by atoms with Gasteiger partial charge in [0.15, 0.2) is 0 Å². The molecular weight excluding hydrogens is 440 g/mol. The lowest BCUT2D eigenvalue weighted by Crippen LogP contribution is -2.70. The van der Waals surface area contributed by atoms with Gasteiger partial charge in [0, 0.05) is 50.6 Å². The van der Waals surface area contributed by atoms with Crippen LogP contribution in [0.2, 0.25) is 0 Å². The van der Waals surface area contributed by atoms with Crippen LogP contribution in [0.5, 0.6) is 5.75 Å². The fraction of sp³-hybridized carbons (Fsp3) is 0.538. The molecule has 0 radical (unpaired) electrons. The van der Waals surface area contributed by atoms with E-state index < -0.39 is 17.4 Å². The number of pyridine rings is 1. The number of carbonyl (C=O) groups excluding carboxylic acids is 1. The van der Waals surface area contributed by atoms with E-state index in [0.717, 1.165) is 29.8 Å². The van der Waals surface area contributed by atoms with Crippen LogP contribution in [0, 0.1) is 5.41 Å². The van der Waals surface area contributed by atoms with Crippen LogP contribution in [-0.4, -0.2) is 54.1 Å². The Bertz CT molecular complexity index is 1020. The van der Waals surface area contributed by atoms with Crippen molar-refractivity contribution in [1.82, 2.24) is 9.88 Å². The van der Waals surface area contributed by atoms with Crippen LogP contribution in [-0.2, 0) is 16.1 Å². The van der Waals surface area contributed by atoms with E-state index in [-0.39, 0.29) is 11.9 Å². The summed E-state index contributed by atoms with van der Waals surface area (Å²) in [5, 5.41) is 0. The van der Waals surface area contributed by atoms with Crippen LogP contribution in [0.15, 0.2) is 42.7 Å². The second-order valence-electron chi connectivity index (χ2n) is 9.95. The molecule has 0 N–H and O–H groups in total. The molecule has 8 heteroatoms. The van der Waals surface area contributed by atoms with Gasteiger partial charge in [-0.25, -0.2) is 8.78 Å². The average molecular weight is 472 g/mol. The lowest BCUT2D eigenvalue weighted by Gasteiger charge is -2.65. The highest BCUT2D eigenvalue weighted by Crippen LogP contribution is 2.70. The van der Waals surface area contributed by atoms with Crippen LogP contribution >= 0.6 is 0 Å². The second-order valence-corrected chi connectivity index (χ2v) is 9.95. The van der Waals surface area contributed by atoms with E-state index in [1.54, 1.807) is 25.4 Å². The molecule has 1 aliphatic heterocycles. The number of rotatable bonds is 8. The molecule has 1 aromatic carbocycles. The van der Waals surface area contributed by atoms with Crippen molar-refractivity contribution in [2.75, 3.05) is 25.1 Å². The summed E-state index contributed by atoms with van der Waals surface area (Å²) in [5.41, 5.74) is 1.39. The van der Waals surface area contributed by atoms with E-state index in [9.17, 15) is 13.6 Å². The second kappa shape index (κ2) is 8.80. The SMILES string of the molecule is COCc1ccncc1N(c1ccc(O[C@H](C)F)cc1)C1CCN(C(=O)C23CC(F)(C2)C3)CC1. The van der Waals surface area contributed by atoms with Gasteiger partial charge in [-0.05, 0) is 62.4 Å². The Morgan fingerprint density at radius 1 is 1.21 bits per heavy atom. The number of carbonyl (C=O) groups is 1. The standard InChI is InChI=1S/C26H31F2N3O3/c1-18(27)34-22-5-3-20(4-6-22)31(23-13-29-10-7-19(23)14-33-2)21-8-11-30(12-9-21)24(32)25-15-26(28,16-25)17-25/h3-7,10,13,18,21H,8-9,11-12,14-17H2,1-2H3/t18-,25?,26?/m1/s1. The Kier molecular flexibility index (Phi) is 5.96. The van der Waals surface area contributed by atoms with Gasteiger partial charge in [0.1, 0.15) is 11.4 Å². The Morgan fingerprint density at radius 3 is 2.47 bits per heavy atom. The van der Waals surface area contributed by atoms with Crippen LogP contribution in [0.3, 0.4) is 0 Å².